The van der Waals surface area contributed by atoms with Crippen LogP contribution in [0.3, 0.4) is 0 Å². The van der Waals surface area contributed by atoms with Crippen molar-refractivity contribution in [2.45, 2.75) is 46.2 Å². The van der Waals surface area contributed by atoms with Crippen LogP contribution in [0.15, 0.2) is 18.2 Å². The molecule has 1 aliphatic rings. The Morgan fingerprint density at radius 2 is 2.11 bits per heavy atom. The van der Waals surface area contributed by atoms with Gasteiger partial charge in [-0.05, 0) is 42.9 Å². The molecule has 0 aliphatic carbocycles. The molecule has 7 heteroatoms. The standard InChI is InChI=1S/C20H28N4O3/c1-11(2)17(23-20(26)27-5)19(25)24-10-13(4)9-16(24)18-21-14-7-6-12(3)8-15(14)22-18/h6-8,11,13,16-17H,9-10H2,1-5H3,(H,21,22)(H,23,26). The molecule has 0 radical (unpaired) electrons. The maximum absolute atomic E-state index is 13.3. The number of hydrogen-bond acceptors (Lipinski definition) is 4. The molecule has 2 amide bonds. The van der Waals surface area contributed by atoms with E-state index < -0.39 is 12.1 Å². The lowest BCUT2D eigenvalue weighted by atomic mass is 10.0. The molecule has 2 heterocycles. The van der Waals surface area contributed by atoms with Gasteiger partial charge in [-0.15, -0.1) is 0 Å². The number of carbonyl (C=O) groups excluding carboxylic acids is 2. The second-order valence-corrected chi connectivity index (χ2v) is 7.85. The van der Waals surface area contributed by atoms with Crippen LogP contribution in [0.5, 0.6) is 0 Å². The first-order chi connectivity index (χ1) is 12.8. The number of hydrogen-bond donors (Lipinski definition) is 2. The lowest BCUT2D eigenvalue weighted by Gasteiger charge is -2.30. The van der Waals surface area contributed by atoms with Crippen molar-refractivity contribution >= 4 is 23.0 Å². The van der Waals surface area contributed by atoms with Crippen LogP contribution in [0.1, 0.15) is 44.6 Å². The summed E-state index contributed by atoms with van der Waals surface area (Å²) in [5, 5.41) is 2.68. The van der Waals surface area contributed by atoms with Gasteiger partial charge in [0.1, 0.15) is 11.9 Å². The van der Waals surface area contributed by atoms with Gasteiger partial charge in [-0.2, -0.15) is 0 Å². The number of aryl methyl sites for hydroxylation is 1. The zero-order valence-corrected chi connectivity index (χ0v) is 16.6. The molecule has 146 valence electrons. The average Bonchev–Trinajstić information content (AvgIpc) is 3.21. The first kappa shape index (κ1) is 19.2. The van der Waals surface area contributed by atoms with Crippen LogP contribution in [0.2, 0.25) is 0 Å². The minimum Gasteiger partial charge on any atom is -0.453 e. The SMILES string of the molecule is COC(=O)NC(C(=O)N1CC(C)CC1c1nc2ccc(C)cc2[nH]1)C(C)C. The van der Waals surface area contributed by atoms with Crippen molar-refractivity contribution < 1.29 is 14.3 Å². The van der Waals surface area contributed by atoms with Gasteiger partial charge in [-0.1, -0.05) is 26.8 Å². The van der Waals surface area contributed by atoms with Crippen LogP contribution in [0.25, 0.3) is 11.0 Å². The number of rotatable bonds is 4. The molecule has 2 N–H and O–H groups in total. The Morgan fingerprint density at radius 3 is 2.78 bits per heavy atom. The predicted molar refractivity (Wildman–Crippen MR) is 103 cm³/mol. The average molecular weight is 372 g/mol. The monoisotopic (exact) mass is 372 g/mol. The number of likely N-dealkylation sites (tertiary alicyclic amines) is 1. The first-order valence-electron chi connectivity index (χ1n) is 9.41. The van der Waals surface area contributed by atoms with Crippen molar-refractivity contribution in [2.75, 3.05) is 13.7 Å². The normalized spacial score (nSPS) is 20.9. The van der Waals surface area contributed by atoms with Gasteiger partial charge >= 0.3 is 6.09 Å². The van der Waals surface area contributed by atoms with Crippen LogP contribution in [-0.4, -0.2) is 46.6 Å². The quantitative estimate of drug-likeness (QED) is 0.863. The Balaban J connectivity index is 1.89. The van der Waals surface area contributed by atoms with E-state index in [4.69, 9.17) is 4.98 Å². The summed E-state index contributed by atoms with van der Waals surface area (Å²) in [4.78, 5) is 34.9. The number of aromatic amines is 1. The van der Waals surface area contributed by atoms with Gasteiger partial charge in [0.15, 0.2) is 0 Å². The van der Waals surface area contributed by atoms with Gasteiger partial charge in [-0.25, -0.2) is 9.78 Å². The Morgan fingerprint density at radius 1 is 1.37 bits per heavy atom. The molecule has 1 aliphatic heterocycles. The van der Waals surface area contributed by atoms with E-state index in [1.165, 1.54) is 7.11 Å². The number of alkyl carbamates (subject to hydrolysis) is 1. The van der Waals surface area contributed by atoms with Gasteiger partial charge in [0.2, 0.25) is 5.91 Å². The largest absolute Gasteiger partial charge is 0.453 e. The predicted octanol–water partition coefficient (Wildman–Crippen LogP) is 3.16. The van der Waals surface area contributed by atoms with E-state index in [9.17, 15) is 9.59 Å². The topological polar surface area (TPSA) is 87.3 Å². The molecule has 2 aromatic rings. The Kier molecular flexibility index (Phi) is 5.39. The number of nitrogens with one attached hydrogen (secondary N) is 2. The van der Waals surface area contributed by atoms with E-state index in [1.54, 1.807) is 0 Å². The van der Waals surface area contributed by atoms with E-state index in [2.05, 4.69) is 28.0 Å². The van der Waals surface area contributed by atoms with Crippen molar-refractivity contribution in [1.29, 1.82) is 0 Å². The summed E-state index contributed by atoms with van der Waals surface area (Å²) in [6.45, 7) is 8.64. The fourth-order valence-corrected chi connectivity index (χ4v) is 3.73. The van der Waals surface area contributed by atoms with E-state index in [-0.39, 0.29) is 17.9 Å². The van der Waals surface area contributed by atoms with E-state index in [0.29, 0.717) is 12.5 Å². The van der Waals surface area contributed by atoms with Crippen LogP contribution in [-0.2, 0) is 9.53 Å². The summed E-state index contributed by atoms with van der Waals surface area (Å²) in [5.74, 6) is 1.02. The molecular weight excluding hydrogens is 344 g/mol. The number of aromatic nitrogens is 2. The fraction of sp³-hybridized carbons (Fsp3) is 0.550. The molecule has 27 heavy (non-hydrogen) atoms. The third-order valence-electron chi connectivity index (χ3n) is 5.16. The molecule has 1 saturated heterocycles. The molecule has 0 spiro atoms. The van der Waals surface area contributed by atoms with Gasteiger partial charge in [-0.3, -0.25) is 4.79 Å². The summed E-state index contributed by atoms with van der Waals surface area (Å²) in [5.41, 5.74) is 3.04. The number of amides is 2. The lowest BCUT2D eigenvalue weighted by molar-refractivity contribution is -0.135. The smallest absolute Gasteiger partial charge is 0.407 e. The lowest BCUT2D eigenvalue weighted by Crippen LogP contribution is -2.51. The Labute approximate surface area is 159 Å². The second-order valence-electron chi connectivity index (χ2n) is 7.85. The van der Waals surface area contributed by atoms with Crippen LogP contribution in [0, 0.1) is 18.8 Å². The fourth-order valence-electron chi connectivity index (χ4n) is 3.73. The van der Waals surface area contributed by atoms with E-state index in [1.807, 2.05) is 37.8 Å². The summed E-state index contributed by atoms with van der Waals surface area (Å²) in [7, 11) is 1.30. The number of imidazole rings is 1. The van der Waals surface area contributed by atoms with Crippen LogP contribution in [0.4, 0.5) is 4.79 Å². The Hall–Kier alpha value is -2.57. The van der Waals surface area contributed by atoms with E-state index in [0.717, 1.165) is 28.8 Å². The highest BCUT2D eigenvalue weighted by atomic mass is 16.5. The Bertz CT molecular complexity index is 845. The molecule has 3 unspecified atom stereocenters. The summed E-state index contributed by atoms with van der Waals surface area (Å²) in [6.07, 6.45) is 0.248. The molecule has 0 bridgehead atoms. The highest BCUT2D eigenvalue weighted by molar-refractivity contribution is 5.86. The van der Waals surface area contributed by atoms with Gasteiger partial charge in [0, 0.05) is 6.54 Å². The van der Waals surface area contributed by atoms with Crippen molar-refractivity contribution in [1.82, 2.24) is 20.2 Å². The summed E-state index contributed by atoms with van der Waals surface area (Å²) in [6, 6.07) is 5.33. The maximum Gasteiger partial charge on any atom is 0.407 e. The molecule has 3 rings (SSSR count). The van der Waals surface area contributed by atoms with E-state index >= 15 is 0 Å². The van der Waals surface area contributed by atoms with Gasteiger partial charge in [0.25, 0.3) is 0 Å². The summed E-state index contributed by atoms with van der Waals surface area (Å²) >= 11 is 0. The molecule has 1 aromatic carbocycles. The van der Waals surface area contributed by atoms with Crippen molar-refractivity contribution in [3.63, 3.8) is 0 Å². The van der Waals surface area contributed by atoms with Crippen LogP contribution >= 0.6 is 0 Å². The second kappa shape index (κ2) is 7.58. The summed E-state index contributed by atoms with van der Waals surface area (Å²) < 4.78 is 4.69. The molecular formula is C20H28N4O3. The number of benzene rings is 1. The molecule has 1 aromatic heterocycles. The van der Waals surface area contributed by atoms with Crippen LogP contribution < -0.4 is 5.32 Å². The minimum absolute atomic E-state index is 0.0496. The van der Waals surface area contributed by atoms with Crippen molar-refractivity contribution in [2.24, 2.45) is 11.8 Å². The highest BCUT2D eigenvalue weighted by Gasteiger charge is 2.40. The van der Waals surface area contributed by atoms with Crippen molar-refractivity contribution in [3.05, 3.63) is 29.6 Å². The third-order valence-corrected chi connectivity index (χ3v) is 5.16. The third kappa shape index (κ3) is 3.91. The number of nitrogens with zero attached hydrogens (tertiary/aromatic N) is 2. The van der Waals surface area contributed by atoms with Gasteiger partial charge < -0.3 is 19.9 Å². The molecule has 0 saturated carbocycles. The first-order valence-corrected chi connectivity index (χ1v) is 9.41. The number of methoxy groups -OCH3 is 1. The maximum atomic E-state index is 13.3. The number of H-pyrrole nitrogens is 1. The zero-order valence-electron chi connectivity index (χ0n) is 16.6. The minimum atomic E-state index is -0.628. The zero-order chi connectivity index (χ0) is 19.7. The number of carbonyl (C=O) groups is 2. The molecule has 1 fully saturated rings. The number of fused-ring (bicyclic) bond motifs is 1. The van der Waals surface area contributed by atoms with Gasteiger partial charge in [0.05, 0.1) is 24.2 Å². The number of ether oxygens (including phenoxy) is 1. The molecule has 3 atom stereocenters. The highest BCUT2D eigenvalue weighted by Crippen LogP contribution is 2.35. The molecule has 7 nitrogen and oxygen atoms in total. The van der Waals surface area contributed by atoms with Crippen molar-refractivity contribution in [3.8, 4) is 0 Å².